The molecule has 0 heterocycles. The smallest absolute Gasteiger partial charge is 0.462 e. The first-order valence-corrected chi connectivity index (χ1v) is 18.2. The molecule has 2 atom stereocenters. The van der Waals surface area contributed by atoms with Gasteiger partial charge in [-0.15, -0.1) is 0 Å². The molecule has 0 spiro atoms. The number of carbonyl (C=O) groups excluding carboxylic acids is 2. The van der Waals surface area contributed by atoms with Crippen molar-refractivity contribution < 1.29 is 37.6 Å². The van der Waals surface area contributed by atoms with E-state index in [0.717, 1.165) is 57.8 Å². The van der Waals surface area contributed by atoms with Crippen molar-refractivity contribution in [2.45, 2.75) is 155 Å². The van der Waals surface area contributed by atoms with Crippen LogP contribution >= 0.6 is 7.82 Å². The Bertz CT molecular complexity index is 719. The van der Waals surface area contributed by atoms with Gasteiger partial charge in [-0.05, 0) is 38.5 Å². The van der Waals surface area contributed by atoms with Gasteiger partial charge in [-0.2, -0.15) is 0 Å². The number of nitrogens with two attached hydrogens (primary N) is 1. The van der Waals surface area contributed by atoms with Gasteiger partial charge in [0.05, 0.1) is 13.2 Å². The van der Waals surface area contributed by atoms with Crippen LogP contribution in [-0.2, 0) is 32.7 Å². The minimum Gasteiger partial charge on any atom is -0.462 e. The van der Waals surface area contributed by atoms with Crippen molar-refractivity contribution in [2.75, 3.05) is 26.4 Å². The molecule has 0 aliphatic heterocycles. The van der Waals surface area contributed by atoms with Crippen LogP contribution < -0.4 is 5.73 Å². The van der Waals surface area contributed by atoms with Gasteiger partial charge in [0.1, 0.15) is 6.61 Å². The lowest BCUT2D eigenvalue weighted by atomic mass is 10.1. The molecule has 0 aliphatic rings. The summed E-state index contributed by atoms with van der Waals surface area (Å²) < 4.78 is 32.4. The predicted molar refractivity (Wildman–Crippen MR) is 169 cm³/mol. The lowest BCUT2D eigenvalue weighted by molar-refractivity contribution is -0.161. The van der Waals surface area contributed by atoms with Crippen molar-refractivity contribution in [1.82, 2.24) is 0 Å². The van der Waals surface area contributed by atoms with E-state index in [1.807, 2.05) is 0 Å². The minimum absolute atomic E-state index is 0.0543. The van der Waals surface area contributed by atoms with Crippen molar-refractivity contribution in [3.8, 4) is 0 Å². The van der Waals surface area contributed by atoms with E-state index in [9.17, 15) is 19.0 Å². The SMILES string of the molecule is CCCCCCC/C=C/CCCCCCCC(=O)OC[C@@H](COP(=O)(O)OCCN)OC(=O)CCCCCCCCC. The van der Waals surface area contributed by atoms with E-state index in [2.05, 4.69) is 26.0 Å². The van der Waals surface area contributed by atoms with E-state index in [1.54, 1.807) is 0 Å². The summed E-state index contributed by atoms with van der Waals surface area (Å²) in [5.41, 5.74) is 5.30. The molecule has 0 aromatic rings. The number of unbranched alkanes of at least 4 members (excludes halogenated alkanes) is 16. The second-order valence-electron chi connectivity index (χ2n) is 11.0. The van der Waals surface area contributed by atoms with Gasteiger partial charge in [-0.3, -0.25) is 18.6 Å². The summed E-state index contributed by atoms with van der Waals surface area (Å²) >= 11 is 0. The Morgan fingerprint density at radius 3 is 1.69 bits per heavy atom. The molecular formula is C32H62NO8P. The van der Waals surface area contributed by atoms with E-state index >= 15 is 0 Å². The molecule has 0 bridgehead atoms. The summed E-state index contributed by atoms with van der Waals surface area (Å²) in [7, 11) is -4.35. The Balaban J connectivity index is 4.23. The topological polar surface area (TPSA) is 134 Å². The summed E-state index contributed by atoms with van der Waals surface area (Å²) in [6.07, 6.45) is 25.5. The highest BCUT2D eigenvalue weighted by atomic mass is 31.2. The maximum absolute atomic E-state index is 12.3. The molecule has 0 rings (SSSR count). The molecule has 0 saturated carbocycles. The van der Waals surface area contributed by atoms with Crippen molar-refractivity contribution in [3.63, 3.8) is 0 Å². The van der Waals surface area contributed by atoms with Gasteiger partial charge >= 0.3 is 19.8 Å². The zero-order chi connectivity index (χ0) is 31.2. The summed E-state index contributed by atoms with van der Waals surface area (Å²) in [5, 5.41) is 0. The van der Waals surface area contributed by atoms with Gasteiger partial charge in [0.2, 0.25) is 0 Å². The summed E-state index contributed by atoms with van der Waals surface area (Å²) in [4.78, 5) is 34.4. The summed E-state index contributed by atoms with van der Waals surface area (Å²) in [6.45, 7) is 3.64. The van der Waals surface area contributed by atoms with Crippen molar-refractivity contribution in [3.05, 3.63) is 12.2 Å². The van der Waals surface area contributed by atoms with Crippen LogP contribution in [0.4, 0.5) is 0 Å². The van der Waals surface area contributed by atoms with Crippen LogP contribution in [0.15, 0.2) is 12.2 Å². The molecule has 42 heavy (non-hydrogen) atoms. The number of rotatable bonds is 31. The van der Waals surface area contributed by atoms with Gasteiger partial charge in [0.15, 0.2) is 6.10 Å². The maximum atomic E-state index is 12.3. The Kier molecular flexibility index (Phi) is 28.9. The predicted octanol–water partition coefficient (Wildman–Crippen LogP) is 8.32. The van der Waals surface area contributed by atoms with Crippen LogP contribution in [0, 0.1) is 0 Å². The number of hydrogen-bond acceptors (Lipinski definition) is 8. The molecule has 0 saturated heterocycles. The quantitative estimate of drug-likeness (QED) is 0.0340. The maximum Gasteiger partial charge on any atom is 0.472 e. The van der Waals surface area contributed by atoms with E-state index in [4.69, 9.17) is 24.3 Å². The fourth-order valence-corrected chi connectivity index (χ4v) is 5.16. The number of ether oxygens (including phenoxy) is 2. The number of allylic oxidation sites excluding steroid dienone is 2. The molecule has 0 amide bonds. The molecule has 0 radical (unpaired) electrons. The van der Waals surface area contributed by atoms with Gasteiger partial charge in [-0.25, -0.2) is 4.57 Å². The molecule has 0 aromatic heterocycles. The highest BCUT2D eigenvalue weighted by Crippen LogP contribution is 2.43. The Hall–Kier alpha value is -1.25. The van der Waals surface area contributed by atoms with Gasteiger partial charge in [0, 0.05) is 19.4 Å². The number of phosphoric ester groups is 1. The van der Waals surface area contributed by atoms with Gasteiger partial charge < -0.3 is 20.1 Å². The van der Waals surface area contributed by atoms with Crippen molar-refractivity contribution in [2.24, 2.45) is 5.73 Å². The van der Waals surface area contributed by atoms with Crippen LogP contribution in [0.3, 0.4) is 0 Å². The number of carbonyl (C=O) groups is 2. The monoisotopic (exact) mass is 619 g/mol. The Morgan fingerprint density at radius 1 is 0.690 bits per heavy atom. The second kappa shape index (κ2) is 29.8. The average Bonchev–Trinajstić information content (AvgIpc) is 2.97. The number of phosphoric acid groups is 1. The lowest BCUT2D eigenvalue weighted by Gasteiger charge is -2.19. The normalized spacial score (nSPS) is 13.7. The number of hydrogen-bond donors (Lipinski definition) is 2. The van der Waals surface area contributed by atoms with Crippen molar-refractivity contribution in [1.29, 1.82) is 0 Å². The Morgan fingerprint density at radius 2 is 1.17 bits per heavy atom. The fourth-order valence-electron chi connectivity index (χ4n) is 4.39. The van der Waals surface area contributed by atoms with E-state index in [-0.39, 0.29) is 32.6 Å². The molecule has 1 unspecified atom stereocenters. The van der Waals surface area contributed by atoms with Crippen molar-refractivity contribution >= 4 is 19.8 Å². The van der Waals surface area contributed by atoms with E-state index in [1.165, 1.54) is 57.8 Å². The Labute approximate surface area is 256 Å². The van der Waals surface area contributed by atoms with E-state index < -0.39 is 32.5 Å². The molecule has 0 fully saturated rings. The zero-order valence-corrected chi connectivity index (χ0v) is 27.6. The van der Waals surface area contributed by atoms with Crippen LogP contribution in [-0.4, -0.2) is 49.3 Å². The third kappa shape index (κ3) is 28.9. The molecular weight excluding hydrogens is 557 g/mol. The standard InChI is InChI=1S/C32H62NO8P/c1-3-5-7-9-11-12-13-14-15-16-17-19-20-22-24-31(34)38-28-30(29-40-42(36,37)39-27-26-33)41-32(35)25-23-21-18-10-8-6-4-2/h13-14,30H,3-12,15-29,33H2,1-2H3,(H,36,37)/b14-13+/t30-/m0/s1. The average molecular weight is 620 g/mol. The van der Waals surface area contributed by atoms with Crippen LogP contribution in [0.1, 0.15) is 149 Å². The zero-order valence-electron chi connectivity index (χ0n) is 26.7. The fraction of sp³-hybridized carbons (Fsp3) is 0.875. The third-order valence-corrected chi connectivity index (χ3v) is 7.89. The highest BCUT2D eigenvalue weighted by molar-refractivity contribution is 7.47. The first kappa shape index (κ1) is 40.8. The van der Waals surface area contributed by atoms with Crippen LogP contribution in [0.2, 0.25) is 0 Å². The molecule has 248 valence electrons. The molecule has 0 aromatic carbocycles. The molecule has 0 aliphatic carbocycles. The summed E-state index contributed by atoms with van der Waals surface area (Å²) in [5.74, 6) is -0.845. The van der Waals surface area contributed by atoms with Gasteiger partial charge in [-0.1, -0.05) is 109 Å². The molecule has 10 heteroatoms. The molecule has 9 nitrogen and oxygen atoms in total. The van der Waals surface area contributed by atoms with Crippen LogP contribution in [0.5, 0.6) is 0 Å². The van der Waals surface area contributed by atoms with Crippen LogP contribution in [0.25, 0.3) is 0 Å². The number of esters is 2. The lowest BCUT2D eigenvalue weighted by Crippen LogP contribution is -2.29. The first-order chi connectivity index (χ1) is 20.3. The highest BCUT2D eigenvalue weighted by Gasteiger charge is 2.25. The second-order valence-corrected chi connectivity index (χ2v) is 12.5. The largest absolute Gasteiger partial charge is 0.472 e. The molecule has 3 N–H and O–H groups in total. The summed E-state index contributed by atoms with van der Waals surface area (Å²) in [6, 6.07) is 0. The van der Waals surface area contributed by atoms with Gasteiger partial charge in [0.25, 0.3) is 0 Å². The first-order valence-electron chi connectivity index (χ1n) is 16.7. The van der Waals surface area contributed by atoms with E-state index in [0.29, 0.717) is 6.42 Å². The minimum atomic E-state index is -4.35. The third-order valence-electron chi connectivity index (χ3n) is 6.90.